The Bertz CT molecular complexity index is 2090. The van der Waals surface area contributed by atoms with Gasteiger partial charge in [-0.25, -0.2) is 8.42 Å². The van der Waals surface area contributed by atoms with Crippen molar-refractivity contribution in [3.63, 3.8) is 0 Å². The molecule has 0 aliphatic heterocycles. The van der Waals surface area contributed by atoms with Crippen LogP contribution in [0.1, 0.15) is 41.4 Å². The average molecular weight is 667 g/mol. The molecule has 240 valence electrons. The highest BCUT2D eigenvalue weighted by Crippen LogP contribution is 2.29. The molecule has 0 atom stereocenters. The predicted molar refractivity (Wildman–Crippen MR) is 182 cm³/mol. The van der Waals surface area contributed by atoms with Crippen LogP contribution in [0.4, 0.5) is 0 Å². The molecule has 0 radical (unpaired) electrons. The predicted octanol–water partition coefficient (Wildman–Crippen LogP) is 8.24. The smallest absolute Gasteiger partial charge is 0.233 e. The maximum absolute atomic E-state index is 13.3. The first-order chi connectivity index (χ1) is 23.7. The van der Waals surface area contributed by atoms with Crippen LogP contribution in [-0.2, 0) is 9.84 Å². The van der Waals surface area contributed by atoms with Crippen LogP contribution in [-0.4, -0.2) is 31.6 Å². The van der Waals surface area contributed by atoms with Gasteiger partial charge in [0, 0.05) is 22.3 Å². The molecule has 0 bridgehead atoms. The monoisotopic (exact) mass is 666 g/mol. The summed E-state index contributed by atoms with van der Waals surface area (Å²) in [6.45, 7) is 0. The molecule has 9 heteroatoms. The van der Waals surface area contributed by atoms with Crippen LogP contribution >= 0.6 is 0 Å². The maximum Gasteiger partial charge on any atom is 0.233 e. The van der Waals surface area contributed by atoms with E-state index >= 15 is 0 Å². The maximum atomic E-state index is 13.3. The number of hydrogen-bond donors (Lipinski definition) is 0. The van der Waals surface area contributed by atoms with Gasteiger partial charge in [0.15, 0.2) is 0 Å². The van der Waals surface area contributed by atoms with E-state index in [1.165, 1.54) is 72.8 Å². The van der Waals surface area contributed by atoms with Crippen molar-refractivity contribution < 1.29 is 37.1 Å². The first kappa shape index (κ1) is 32.5. The highest BCUT2D eigenvalue weighted by atomic mass is 32.2. The third-order valence-corrected chi connectivity index (χ3v) is 9.24. The largest absolute Gasteiger partial charge is 0.457 e. The van der Waals surface area contributed by atoms with E-state index < -0.39 is 33.0 Å². The second-order valence-electron chi connectivity index (χ2n) is 10.7. The minimum absolute atomic E-state index is 0.0548. The van der Waals surface area contributed by atoms with Crippen molar-refractivity contribution in [3.05, 3.63) is 180 Å². The Morgan fingerprint density at radius 3 is 0.857 bits per heavy atom. The van der Waals surface area contributed by atoms with Gasteiger partial charge in [0.05, 0.1) is 9.79 Å². The zero-order valence-electron chi connectivity index (χ0n) is 25.7. The Kier molecular flexibility index (Phi) is 9.36. The minimum atomic E-state index is -3.86. The summed E-state index contributed by atoms with van der Waals surface area (Å²) in [6, 6.07) is 40.6. The summed E-state index contributed by atoms with van der Waals surface area (Å²) in [4.78, 5) is 50.2. The summed E-state index contributed by atoms with van der Waals surface area (Å²) in [7, 11) is -3.86. The lowest BCUT2D eigenvalue weighted by Gasteiger charge is -2.10. The van der Waals surface area contributed by atoms with Gasteiger partial charge in [0.25, 0.3) is 0 Å². The molecule has 8 nitrogen and oxygen atoms in total. The van der Waals surface area contributed by atoms with E-state index in [1.807, 2.05) is 0 Å². The van der Waals surface area contributed by atoms with Crippen molar-refractivity contribution in [3.8, 4) is 23.0 Å². The quantitative estimate of drug-likeness (QED) is 0.0946. The number of ether oxygens (including phenoxy) is 2. The number of benzene rings is 6. The Balaban J connectivity index is 1.06. The van der Waals surface area contributed by atoms with Crippen LogP contribution in [0.2, 0.25) is 0 Å². The first-order valence-electron chi connectivity index (χ1n) is 15.0. The van der Waals surface area contributed by atoms with Crippen molar-refractivity contribution in [1.82, 2.24) is 0 Å². The molecule has 0 spiro atoms. The Hall–Kier alpha value is -6.45. The van der Waals surface area contributed by atoms with Gasteiger partial charge in [0.1, 0.15) is 23.0 Å². The third-order valence-electron chi connectivity index (χ3n) is 7.46. The van der Waals surface area contributed by atoms with Gasteiger partial charge in [0.2, 0.25) is 33.0 Å². The van der Waals surface area contributed by atoms with Crippen LogP contribution < -0.4 is 9.47 Å². The standard InChI is InChI=1S/C40H26O8S/c41-37(27-7-3-1-4-8-27)39(43)29-11-15-31(16-12-29)47-33-19-23-35(24-20-33)49(45,46)36-25-21-34(22-26-36)48-32-17-13-30(14-18-32)40(44)38(42)28-9-5-2-6-10-28/h1-26H. The van der Waals surface area contributed by atoms with Gasteiger partial charge in [-0.15, -0.1) is 0 Å². The molecule has 6 aromatic rings. The lowest BCUT2D eigenvalue weighted by Crippen LogP contribution is -2.14. The molecule has 0 unspecified atom stereocenters. The van der Waals surface area contributed by atoms with Crippen molar-refractivity contribution in [2.24, 2.45) is 0 Å². The fourth-order valence-corrected chi connectivity index (χ4v) is 6.10. The fraction of sp³-hybridized carbons (Fsp3) is 0. The molecule has 0 heterocycles. The summed E-state index contributed by atoms with van der Waals surface area (Å²) in [5, 5.41) is 0. The lowest BCUT2D eigenvalue weighted by molar-refractivity contribution is 0.0817. The number of rotatable bonds is 12. The molecule has 0 N–H and O–H groups in total. The van der Waals surface area contributed by atoms with Crippen molar-refractivity contribution in [2.45, 2.75) is 9.79 Å². The van der Waals surface area contributed by atoms with Gasteiger partial charge in [-0.2, -0.15) is 0 Å². The zero-order chi connectivity index (χ0) is 34.4. The topological polar surface area (TPSA) is 121 Å². The molecular formula is C40H26O8S. The molecule has 0 fully saturated rings. The highest BCUT2D eigenvalue weighted by molar-refractivity contribution is 7.91. The van der Waals surface area contributed by atoms with E-state index in [1.54, 1.807) is 84.9 Å². The molecule has 0 aliphatic carbocycles. The molecular weight excluding hydrogens is 640 g/mol. The Labute approximate surface area is 282 Å². The van der Waals surface area contributed by atoms with E-state index in [0.717, 1.165) is 0 Å². The van der Waals surface area contributed by atoms with Gasteiger partial charge < -0.3 is 9.47 Å². The number of carbonyl (C=O) groups is 4. The number of hydrogen-bond acceptors (Lipinski definition) is 8. The molecule has 6 aromatic carbocycles. The minimum Gasteiger partial charge on any atom is -0.457 e. The van der Waals surface area contributed by atoms with Crippen LogP contribution in [0.3, 0.4) is 0 Å². The molecule has 49 heavy (non-hydrogen) atoms. The zero-order valence-corrected chi connectivity index (χ0v) is 26.5. The van der Waals surface area contributed by atoms with E-state index in [2.05, 4.69) is 0 Å². The summed E-state index contributed by atoms with van der Waals surface area (Å²) in [5.74, 6) is -0.926. The SMILES string of the molecule is O=C(C(=O)c1ccc(Oc2ccc(S(=O)(=O)c3ccc(Oc4ccc(C(=O)C(=O)c5ccccc5)cc4)cc3)cc2)cc1)c1ccccc1. The van der Waals surface area contributed by atoms with Gasteiger partial charge >= 0.3 is 0 Å². The molecule has 0 aliphatic rings. The molecule has 6 rings (SSSR count). The third kappa shape index (κ3) is 7.43. The van der Waals surface area contributed by atoms with Crippen molar-refractivity contribution in [1.29, 1.82) is 0 Å². The second kappa shape index (κ2) is 14.1. The molecule has 0 amide bonds. The number of Topliss-reactive ketones (excluding diaryl/α,β-unsaturated/α-hetero) is 4. The number of ketones is 4. The summed E-state index contributed by atoms with van der Waals surface area (Å²) in [6.07, 6.45) is 0. The van der Waals surface area contributed by atoms with Gasteiger partial charge in [-0.3, -0.25) is 19.2 Å². The van der Waals surface area contributed by atoms with Crippen molar-refractivity contribution >= 4 is 33.0 Å². The molecule has 0 aromatic heterocycles. The number of sulfone groups is 1. The van der Waals surface area contributed by atoms with Crippen LogP contribution in [0.25, 0.3) is 0 Å². The van der Waals surface area contributed by atoms with E-state index in [-0.39, 0.29) is 20.9 Å². The molecule has 0 saturated heterocycles. The van der Waals surface area contributed by atoms with Crippen molar-refractivity contribution in [2.75, 3.05) is 0 Å². The summed E-state index contributed by atoms with van der Waals surface area (Å²) < 4.78 is 38.2. The van der Waals surface area contributed by atoms with Crippen LogP contribution in [0, 0.1) is 0 Å². The van der Waals surface area contributed by atoms with E-state index in [4.69, 9.17) is 9.47 Å². The summed E-state index contributed by atoms with van der Waals surface area (Å²) >= 11 is 0. The van der Waals surface area contributed by atoms with Gasteiger partial charge in [-0.05, 0) is 97.1 Å². The molecule has 0 saturated carbocycles. The highest BCUT2D eigenvalue weighted by Gasteiger charge is 2.20. The van der Waals surface area contributed by atoms with Gasteiger partial charge in [-0.1, -0.05) is 60.7 Å². The second-order valence-corrected chi connectivity index (χ2v) is 12.7. The lowest BCUT2D eigenvalue weighted by atomic mass is 10.0. The van der Waals surface area contributed by atoms with E-state index in [0.29, 0.717) is 34.1 Å². The number of carbonyl (C=O) groups excluding carboxylic acids is 4. The fourth-order valence-electron chi connectivity index (χ4n) is 4.83. The average Bonchev–Trinajstić information content (AvgIpc) is 3.15. The van der Waals surface area contributed by atoms with Crippen LogP contribution in [0.15, 0.2) is 168 Å². The first-order valence-corrected chi connectivity index (χ1v) is 16.5. The normalized spacial score (nSPS) is 10.9. The van der Waals surface area contributed by atoms with Crippen LogP contribution in [0.5, 0.6) is 23.0 Å². The Morgan fingerprint density at radius 1 is 0.327 bits per heavy atom. The summed E-state index contributed by atoms with van der Waals surface area (Å²) in [5.41, 5.74) is 1.06. The Morgan fingerprint density at radius 2 is 0.571 bits per heavy atom. The van der Waals surface area contributed by atoms with E-state index in [9.17, 15) is 27.6 Å².